The lowest BCUT2D eigenvalue weighted by Gasteiger charge is -2.16. The second kappa shape index (κ2) is 6.43. The van der Waals surface area contributed by atoms with Crippen molar-refractivity contribution in [2.75, 3.05) is 6.54 Å². The standard InChI is InChI=1S/C18H8Cl2N2O6/c19-12-5-10-11(6-13(12)20)16(25)21(15(10)24)7-14(23)28-22-17(26)8-3-1-2-4-9(8)18(22)27/h1-6H,7H2. The molecule has 2 aromatic carbocycles. The lowest BCUT2D eigenvalue weighted by atomic mass is 10.1. The molecule has 2 aromatic rings. The van der Waals surface area contributed by atoms with E-state index in [1.807, 2.05) is 0 Å². The summed E-state index contributed by atoms with van der Waals surface area (Å²) in [6, 6.07) is 8.42. The van der Waals surface area contributed by atoms with Crippen LogP contribution in [-0.2, 0) is 9.63 Å². The van der Waals surface area contributed by atoms with E-state index in [1.165, 1.54) is 24.3 Å². The Morgan fingerprint density at radius 2 is 1.25 bits per heavy atom. The number of hydrogen-bond acceptors (Lipinski definition) is 6. The molecule has 0 N–H and O–H groups in total. The predicted octanol–water partition coefficient (Wildman–Crippen LogP) is 2.34. The van der Waals surface area contributed by atoms with Crippen molar-refractivity contribution >= 4 is 52.8 Å². The first-order chi connectivity index (χ1) is 13.3. The van der Waals surface area contributed by atoms with E-state index >= 15 is 0 Å². The molecule has 2 aliphatic rings. The fourth-order valence-electron chi connectivity index (χ4n) is 2.94. The van der Waals surface area contributed by atoms with Gasteiger partial charge in [-0.15, -0.1) is 0 Å². The molecule has 2 heterocycles. The molecule has 4 amide bonds. The molecule has 10 heteroatoms. The highest BCUT2D eigenvalue weighted by Gasteiger charge is 2.41. The molecule has 0 radical (unpaired) electrons. The monoisotopic (exact) mass is 418 g/mol. The SMILES string of the molecule is O=C(CN1C(=O)c2cc(Cl)c(Cl)cc2C1=O)ON1C(=O)c2ccccc2C1=O. The van der Waals surface area contributed by atoms with Crippen molar-refractivity contribution in [3.05, 3.63) is 68.7 Å². The molecular formula is C18H8Cl2N2O6. The van der Waals surface area contributed by atoms with Gasteiger partial charge in [-0.2, -0.15) is 0 Å². The summed E-state index contributed by atoms with van der Waals surface area (Å²) in [7, 11) is 0. The van der Waals surface area contributed by atoms with Gasteiger partial charge in [0.1, 0.15) is 6.54 Å². The Bertz CT molecular complexity index is 1040. The zero-order chi connectivity index (χ0) is 20.2. The smallest absolute Gasteiger partial charge is 0.328 e. The molecule has 0 aromatic heterocycles. The van der Waals surface area contributed by atoms with Crippen molar-refractivity contribution in [1.82, 2.24) is 9.96 Å². The second-order valence-electron chi connectivity index (χ2n) is 5.92. The Kier molecular flexibility index (Phi) is 4.17. The van der Waals surface area contributed by atoms with Gasteiger partial charge >= 0.3 is 5.97 Å². The van der Waals surface area contributed by atoms with Crippen LogP contribution in [-0.4, -0.2) is 46.1 Å². The van der Waals surface area contributed by atoms with E-state index in [-0.39, 0.29) is 32.3 Å². The Morgan fingerprint density at radius 1 is 0.786 bits per heavy atom. The third kappa shape index (κ3) is 2.65. The van der Waals surface area contributed by atoms with Gasteiger partial charge in [-0.1, -0.05) is 40.4 Å². The van der Waals surface area contributed by atoms with E-state index in [4.69, 9.17) is 28.0 Å². The largest absolute Gasteiger partial charge is 0.352 e. The Morgan fingerprint density at radius 3 is 1.71 bits per heavy atom. The third-order valence-electron chi connectivity index (χ3n) is 4.25. The Hall–Kier alpha value is -3.23. The van der Waals surface area contributed by atoms with E-state index in [0.717, 1.165) is 0 Å². The zero-order valence-electron chi connectivity index (χ0n) is 13.8. The molecule has 0 spiro atoms. The van der Waals surface area contributed by atoms with Crippen molar-refractivity contribution in [2.45, 2.75) is 0 Å². The van der Waals surface area contributed by atoms with Crippen LogP contribution in [0.4, 0.5) is 0 Å². The summed E-state index contributed by atoms with van der Waals surface area (Å²) in [6.07, 6.45) is 0. The first kappa shape index (κ1) is 18.1. The van der Waals surface area contributed by atoms with Crippen molar-refractivity contribution in [3.63, 3.8) is 0 Å². The molecule has 140 valence electrons. The fourth-order valence-corrected chi connectivity index (χ4v) is 3.26. The van der Waals surface area contributed by atoms with Crippen molar-refractivity contribution in [1.29, 1.82) is 0 Å². The molecule has 0 fully saturated rings. The van der Waals surface area contributed by atoms with Crippen molar-refractivity contribution in [2.24, 2.45) is 0 Å². The number of carbonyl (C=O) groups is 5. The maximum atomic E-state index is 12.4. The van der Waals surface area contributed by atoms with Crippen LogP contribution in [0.1, 0.15) is 41.4 Å². The molecular weight excluding hydrogens is 411 g/mol. The molecule has 0 saturated heterocycles. The molecule has 0 bridgehead atoms. The number of imide groups is 2. The predicted molar refractivity (Wildman–Crippen MR) is 94.9 cm³/mol. The number of rotatable bonds is 3. The molecule has 0 atom stereocenters. The van der Waals surface area contributed by atoms with E-state index in [1.54, 1.807) is 12.1 Å². The summed E-state index contributed by atoms with van der Waals surface area (Å²) in [5.41, 5.74) is 0.163. The number of hydroxylamine groups is 2. The summed E-state index contributed by atoms with van der Waals surface area (Å²) in [5.74, 6) is -4.29. The third-order valence-corrected chi connectivity index (χ3v) is 4.97. The molecule has 4 rings (SSSR count). The summed E-state index contributed by atoms with van der Waals surface area (Å²) in [6.45, 7) is -0.797. The quantitative estimate of drug-likeness (QED) is 0.708. The van der Waals surface area contributed by atoms with E-state index in [9.17, 15) is 24.0 Å². The number of hydrogen-bond donors (Lipinski definition) is 0. The van der Waals surface area contributed by atoms with Gasteiger partial charge in [0.2, 0.25) is 0 Å². The van der Waals surface area contributed by atoms with Gasteiger partial charge in [0, 0.05) is 0 Å². The summed E-state index contributed by atoms with van der Waals surface area (Å²) >= 11 is 11.7. The van der Waals surface area contributed by atoms with Gasteiger partial charge in [0.15, 0.2) is 0 Å². The molecule has 0 unspecified atom stereocenters. The molecule has 8 nitrogen and oxygen atoms in total. The Labute approximate surface area is 167 Å². The van der Waals surface area contributed by atoms with E-state index < -0.39 is 36.1 Å². The van der Waals surface area contributed by atoms with Gasteiger partial charge in [0.25, 0.3) is 23.6 Å². The number of nitrogens with zero attached hydrogens (tertiary/aromatic N) is 2. The van der Waals surface area contributed by atoms with Crippen LogP contribution in [0.15, 0.2) is 36.4 Å². The average Bonchev–Trinajstić information content (AvgIpc) is 3.04. The van der Waals surface area contributed by atoms with Crippen LogP contribution < -0.4 is 0 Å². The van der Waals surface area contributed by atoms with Crippen LogP contribution in [0.3, 0.4) is 0 Å². The zero-order valence-corrected chi connectivity index (χ0v) is 15.3. The minimum Gasteiger partial charge on any atom is -0.328 e. The second-order valence-corrected chi connectivity index (χ2v) is 6.74. The van der Waals surface area contributed by atoms with Gasteiger partial charge in [-0.05, 0) is 24.3 Å². The molecule has 0 aliphatic carbocycles. The van der Waals surface area contributed by atoms with Crippen LogP contribution in [0.2, 0.25) is 10.0 Å². The van der Waals surface area contributed by atoms with Crippen molar-refractivity contribution < 1.29 is 28.8 Å². The van der Waals surface area contributed by atoms with Gasteiger partial charge in [0.05, 0.1) is 32.3 Å². The van der Waals surface area contributed by atoms with Gasteiger partial charge < -0.3 is 4.84 Å². The minimum atomic E-state index is -1.14. The normalized spacial score (nSPS) is 15.2. The molecule has 0 saturated carbocycles. The molecule has 28 heavy (non-hydrogen) atoms. The van der Waals surface area contributed by atoms with Crippen molar-refractivity contribution in [3.8, 4) is 0 Å². The van der Waals surface area contributed by atoms with E-state index in [0.29, 0.717) is 9.96 Å². The number of carbonyl (C=O) groups excluding carboxylic acids is 5. The summed E-state index contributed by atoms with van der Waals surface area (Å²) in [5, 5.41) is 0.466. The number of fused-ring (bicyclic) bond motifs is 2. The maximum Gasteiger partial charge on any atom is 0.352 e. The van der Waals surface area contributed by atoms with Crippen LogP contribution >= 0.6 is 23.2 Å². The van der Waals surface area contributed by atoms with Crippen LogP contribution in [0, 0.1) is 0 Å². The molecule has 2 aliphatic heterocycles. The maximum absolute atomic E-state index is 12.4. The highest BCUT2D eigenvalue weighted by Crippen LogP contribution is 2.31. The average molecular weight is 419 g/mol. The lowest BCUT2D eigenvalue weighted by molar-refractivity contribution is -0.168. The first-order valence-corrected chi connectivity index (χ1v) is 8.59. The van der Waals surface area contributed by atoms with Crippen LogP contribution in [0.25, 0.3) is 0 Å². The fraction of sp³-hybridized carbons (Fsp3) is 0.0556. The first-order valence-electron chi connectivity index (χ1n) is 7.83. The summed E-state index contributed by atoms with van der Waals surface area (Å²) < 4.78 is 0. The highest BCUT2D eigenvalue weighted by atomic mass is 35.5. The van der Waals surface area contributed by atoms with E-state index in [2.05, 4.69) is 0 Å². The minimum absolute atomic E-state index is 0.00655. The topological polar surface area (TPSA) is 101 Å². The van der Waals surface area contributed by atoms with Gasteiger partial charge in [-0.3, -0.25) is 24.1 Å². The highest BCUT2D eigenvalue weighted by molar-refractivity contribution is 6.43. The number of halogens is 2. The Balaban J connectivity index is 1.51. The van der Waals surface area contributed by atoms with Gasteiger partial charge in [-0.25, -0.2) is 4.79 Å². The lowest BCUT2D eigenvalue weighted by Crippen LogP contribution is -2.40. The van der Waals surface area contributed by atoms with Crippen LogP contribution in [0.5, 0.6) is 0 Å². The number of amides is 4. The summed E-state index contributed by atoms with van der Waals surface area (Å²) in [4.78, 5) is 66.9. The number of benzene rings is 2.